The molecular formula is C3H5ORe. The molecule has 5 heavy (non-hydrogen) atoms. The molecule has 0 unspecified atom stereocenters. The summed E-state index contributed by atoms with van der Waals surface area (Å²) in [6.07, 6.45) is 0. The van der Waals surface area contributed by atoms with Crippen molar-refractivity contribution in [2.24, 2.45) is 0 Å². The Labute approximate surface area is 42.2 Å². The van der Waals surface area contributed by atoms with E-state index in [0.717, 1.165) is 4.89 Å². The Bertz CT molecular complexity index is 42.2. The first kappa shape index (κ1) is 5.33. The van der Waals surface area contributed by atoms with Gasteiger partial charge >= 0.3 is 41.6 Å². The topological polar surface area (TPSA) is 17.1 Å². The van der Waals surface area contributed by atoms with E-state index in [1.807, 2.05) is 0 Å². The van der Waals surface area contributed by atoms with Crippen LogP contribution < -0.4 is 0 Å². The van der Waals surface area contributed by atoms with Crippen LogP contribution in [0.25, 0.3) is 0 Å². The average molecular weight is 243 g/mol. The summed E-state index contributed by atoms with van der Waals surface area (Å²) in [5.41, 5.74) is 0. The van der Waals surface area contributed by atoms with Crippen LogP contribution in [0.3, 0.4) is 0 Å². The average Bonchev–Trinajstić information content (AvgIpc) is 1.38. The van der Waals surface area contributed by atoms with Crippen LogP contribution >= 0.6 is 0 Å². The monoisotopic (exact) mass is 244 g/mol. The second kappa shape index (κ2) is 2.56. The van der Waals surface area contributed by atoms with Crippen LogP contribution in [0.1, 0.15) is 6.92 Å². The fourth-order valence-electron chi connectivity index (χ4n) is 0. The van der Waals surface area contributed by atoms with Crippen molar-refractivity contribution in [1.82, 2.24) is 0 Å². The summed E-state index contributed by atoms with van der Waals surface area (Å²) in [4.78, 5) is 10.5. The Kier molecular flexibility index (Phi) is 2.73. The van der Waals surface area contributed by atoms with E-state index in [1.165, 1.54) is 19.2 Å². The molecule has 0 aliphatic rings. The molecule has 0 saturated carbocycles. The minimum atomic E-state index is 0.279. The van der Waals surface area contributed by atoms with Gasteiger partial charge in [-0.1, -0.05) is 0 Å². The normalized spacial score (nSPS) is 7.60. The van der Waals surface area contributed by atoms with Crippen LogP contribution in [-0.4, -0.2) is 5.78 Å². The Morgan fingerprint density at radius 3 is 2.20 bits per heavy atom. The van der Waals surface area contributed by atoms with Crippen LogP contribution in [0, 0.1) is 0 Å². The van der Waals surface area contributed by atoms with Crippen molar-refractivity contribution in [2.75, 3.05) is 0 Å². The molecule has 0 aliphatic carbocycles. The summed E-state index contributed by atoms with van der Waals surface area (Å²) < 4.78 is 0. The first-order valence-corrected chi connectivity index (χ1v) is 3.25. The fourth-order valence-corrected chi connectivity index (χ4v) is 0. The molecule has 0 N–H and O–H groups in total. The van der Waals surface area contributed by atoms with Gasteiger partial charge in [-0.2, -0.15) is 0 Å². The van der Waals surface area contributed by atoms with Gasteiger partial charge in [-0.05, 0) is 0 Å². The van der Waals surface area contributed by atoms with Crippen molar-refractivity contribution in [3.05, 3.63) is 0 Å². The van der Waals surface area contributed by atoms with Gasteiger partial charge in [0.25, 0.3) is 0 Å². The van der Waals surface area contributed by atoms with E-state index in [9.17, 15) is 4.79 Å². The first-order valence-electron chi connectivity index (χ1n) is 1.32. The molecule has 30 valence electrons. The van der Waals surface area contributed by atoms with E-state index in [4.69, 9.17) is 0 Å². The molecule has 0 bridgehead atoms. The van der Waals surface area contributed by atoms with Crippen LogP contribution in [0.5, 0.6) is 0 Å². The molecule has 0 aromatic rings. The zero-order valence-corrected chi connectivity index (χ0v) is 5.71. The summed E-state index contributed by atoms with van der Waals surface area (Å²) in [7, 11) is 0. The second-order valence-corrected chi connectivity index (χ2v) is 1.80. The van der Waals surface area contributed by atoms with Crippen molar-refractivity contribution >= 4 is 5.78 Å². The van der Waals surface area contributed by atoms with Crippen LogP contribution in [0.15, 0.2) is 0 Å². The molecule has 0 rings (SSSR count). The van der Waals surface area contributed by atoms with Crippen molar-refractivity contribution in [1.29, 1.82) is 0 Å². The van der Waals surface area contributed by atoms with E-state index in [1.54, 1.807) is 6.92 Å². The summed E-state index contributed by atoms with van der Waals surface area (Å²) >= 11 is 1.52. The zero-order valence-electron chi connectivity index (χ0n) is 2.99. The zero-order chi connectivity index (χ0) is 4.28. The van der Waals surface area contributed by atoms with E-state index in [0.29, 0.717) is 0 Å². The van der Waals surface area contributed by atoms with E-state index in [-0.39, 0.29) is 5.78 Å². The van der Waals surface area contributed by atoms with Crippen LogP contribution in [0.2, 0.25) is 4.89 Å². The van der Waals surface area contributed by atoms with Gasteiger partial charge in [-0.15, -0.1) is 0 Å². The number of carbonyl (C=O) groups excluding carboxylic acids is 1. The summed E-state index contributed by atoms with van der Waals surface area (Å²) in [6, 6.07) is 0. The van der Waals surface area contributed by atoms with Gasteiger partial charge in [-0.25, -0.2) is 0 Å². The Morgan fingerprint density at radius 2 is 2.20 bits per heavy atom. The molecular weight excluding hydrogens is 238 g/mol. The molecule has 0 aliphatic heterocycles. The first-order chi connectivity index (χ1) is 2.27. The summed E-state index contributed by atoms with van der Waals surface area (Å²) in [5.74, 6) is 0.279. The van der Waals surface area contributed by atoms with Crippen molar-refractivity contribution < 1.29 is 24.0 Å². The predicted octanol–water partition coefficient (Wildman–Crippen LogP) is 0.540. The third kappa shape index (κ3) is 4.33. The number of carbonyl (C=O) groups is 1. The van der Waals surface area contributed by atoms with Crippen LogP contribution in [-0.2, 0) is 24.0 Å². The maximum absolute atomic E-state index is 9.83. The van der Waals surface area contributed by atoms with Gasteiger partial charge in [0.2, 0.25) is 0 Å². The number of rotatable bonds is 1. The second-order valence-electron chi connectivity index (χ2n) is 0.836. The quantitative estimate of drug-likeness (QED) is 0.657. The molecule has 0 aromatic carbocycles. The molecule has 0 heterocycles. The molecule has 1 nitrogen and oxygen atoms in total. The summed E-state index contributed by atoms with van der Waals surface area (Å²) in [5, 5.41) is 0. The van der Waals surface area contributed by atoms with Gasteiger partial charge in [-0.3, -0.25) is 0 Å². The van der Waals surface area contributed by atoms with Gasteiger partial charge in [0, 0.05) is 0 Å². The molecule has 0 saturated heterocycles. The van der Waals surface area contributed by atoms with Crippen molar-refractivity contribution in [2.45, 2.75) is 11.8 Å². The molecule has 0 radical (unpaired) electrons. The molecule has 0 atom stereocenters. The third-order valence-corrected chi connectivity index (χ3v) is 1.54. The molecule has 2 heteroatoms. The predicted molar refractivity (Wildman–Crippen MR) is 15.5 cm³/mol. The number of ketones is 1. The van der Waals surface area contributed by atoms with Crippen LogP contribution in [0.4, 0.5) is 0 Å². The Balaban J connectivity index is 2.85. The maximum atomic E-state index is 9.83. The number of hydrogen-bond donors (Lipinski definition) is 0. The number of hydrogen-bond acceptors (Lipinski definition) is 1. The van der Waals surface area contributed by atoms with Gasteiger partial charge in [0.05, 0.1) is 0 Å². The standard InChI is InChI=1S/C3H5O.Re/c1-3(2)4;/h1H2,2H3;. The van der Waals surface area contributed by atoms with Gasteiger partial charge < -0.3 is 0 Å². The van der Waals surface area contributed by atoms with Crippen molar-refractivity contribution in [3.8, 4) is 0 Å². The fraction of sp³-hybridized carbons (Fsp3) is 0.667. The van der Waals surface area contributed by atoms with E-state index >= 15 is 0 Å². The Morgan fingerprint density at radius 1 is 2.00 bits per heavy atom. The van der Waals surface area contributed by atoms with Gasteiger partial charge in [0.15, 0.2) is 0 Å². The summed E-state index contributed by atoms with van der Waals surface area (Å²) in [6.45, 7) is 1.60. The third-order valence-electron chi connectivity index (χ3n) is 0.188. The minimum absolute atomic E-state index is 0.279. The van der Waals surface area contributed by atoms with Gasteiger partial charge in [0.1, 0.15) is 0 Å². The molecule has 0 aromatic heterocycles. The SMILES string of the molecule is CC(=O)[CH2][Re]. The van der Waals surface area contributed by atoms with Crippen molar-refractivity contribution in [3.63, 3.8) is 0 Å². The van der Waals surface area contributed by atoms with E-state index < -0.39 is 0 Å². The Hall–Kier alpha value is 0.332. The molecule has 0 spiro atoms. The number of Topliss-reactive ketones (excluding diaryl/α,β-unsaturated/α-hetero) is 1. The van der Waals surface area contributed by atoms with E-state index in [2.05, 4.69) is 0 Å². The molecule has 0 amide bonds. The molecule has 0 fully saturated rings.